The third-order valence-corrected chi connectivity index (χ3v) is 10.4. The van der Waals surface area contributed by atoms with Gasteiger partial charge >= 0.3 is 0 Å². The van der Waals surface area contributed by atoms with Gasteiger partial charge in [0.15, 0.2) is 0 Å². The molecule has 6 nitrogen and oxygen atoms in total. The summed E-state index contributed by atoms with van der Waals surface area (Å²) in [5.74, 6) is 1.31. The number of amides is 1. The average Bonchev–Trinajstić information content (AvgIpc) is 3.07. The van der Waals surface area contributed by atoms with E-state index in [4.69, 9.17) is 21.1 Å². The fourth-order valence-corrected chi connectivity index (χ4v) is 7.67. The molecule has 0 aromatic heterocycles. The molecule has 5 rings (SSSR count). The molecule has 2 heterocycles. The Morgan fingerprint density at radius 2 is 2.00 bits per heavy atom. The second-order valence-corrected chi connectivity index (χ2v) is 13.6. The number of halogens is 1. The van der Waals surface area contributed by atoms with Crippen LogP contribution < -0.4 is 9.64 Å². The van der Waals surface area contributed by atoms with Gasteiger partial charge in [0.25, 0.3) is 5.91 Å². The number of carbonyl (C=O) groups excluding carboxylic acids is 1. The predicted octanol–water partition coefficient (Wildman–Crippen LogP) is 6.98. The van der Waals surface area contributed by atoms with Crippen molar-refractivity contribution in [3.8, 4) is 5.75 Å². The molecule has 0 radical (unpaired) electrons. The second-order valence-electron chi connectivity index (χ2n) is 12.0. The quantitative estimate of drug-likeness (QED) is 0.267. The molecular weight excluding hydrogens is 544 g/mol. The lowest BCUT2D eigenvalue weighted by Gasteiger charge is -2.42. The summed E-state index contributed by atoms with van der Waals surface area (Å²) < 4.78 is 29.3. The number of aryl methyl sites for hydroxylation is 1. The zero-order valence-corrected chi connectivity index (χ0v) is 25.5. The van der Waals surface area contributed by atoms with E-state index in [0.29, 0.717) is 17.9 Å². The zero-order chi connectivity index (χ0) is 28.4. The van der Waals surface area contributed by atoms with E-state index in [-0.39, 0.29) is 29.3 Å². The summed E-state index contributed by atoms with van der Waals surface area (Å²) in [6, 6.07) is 11.8. The van der Waals surface area contributed by atoms with Gasteiger partial charge in [0.05, 0.1) is 18.4 Å². The Morgan fingerprint density at radius 3 is 2.80 bits per heavy atom. The lowest BCUT2D eigenvalue weighted by Crippen LogP contribution is -2.47. The molecule has 2 aromatic rings. The number of nitrogens with zero attached hydrogens (tertiary/aromatic N) is 2. The summed E-state index contributed by atoms with van der Waals surface area (Å²) in [6.07, 6.45) is 8.06. The highest BCUT2D eigenvalue weighted by atomic mass is 35.5. The Labute approximate surface area is 245 Å². The van der Waals surface area contributed by atoms with E-state index in [1.165, 1.54) is 11.1 Å². The van der Waals surface area contributed by atoms with Crippen LogP contribution in [0.1, 0.15) is 61.5 Å². The molecule has 5 atom stereocenters. The van der Waals surface area contributed by atoms with Crippen LogP contribution in [0.4, 0.5) is 5.69 Å². The molecule has 2 bridgehead atoms. The minimum atomic E-state index is -1.59. The minimum absolute atomic E-state index is 0.0348. The molecule has 0 fully saturated rings. The first-order valence-corrected chi connectivity index (χ1v) is 16.0. The topological polar surface area (TPSA) is 68.2 Å². The van der Waals surface area contributed by atoms with E-state index in [1.54, 1.807) is 13.2 Å². The molecule has 0 saturated heterocycles. The number of fused-ring (bicyclic) bond motifs is 3. The molecule has 8 heteroatoms. The van der Waals surface area contributed by atoms with E-state index in [0.717, 1.165) is 55.2 Å². The smallest absolute Gasteiger partial charge is 0.254 e. The maximum Gasteiger partial charge on any atom is 0.254 e. The van der Waals surface area contributed by atoms with Gasteiger partial charge in [0.2, 0.25) is 0 Å². The molecule has 1 spiro atoms. The number of anilines is 1. The van der Waals surface area contributed by atoms with Crippen molar-refractivity contribution in [2.75, 3.05) is 37.5 Å². The van der Waals surface area contributed by atoms with Crippen molar-refractivity contribution in [1.29, 1.82) is 0 Å². The number of carbonyl (C=O) groups is 1. The summed E-state index contributed by atoms with van der Waals surface area (Å²) in [5, 5.41) is 0.762. The van der Waals surface area contributed by atoms with Crippen molar-refractivity contribution in [3.63, 3.8) is 0 Å². The van der Waals surface area contributed by atoms with Gasteiger partial charge in [-0.05, 0) is 79.0 Å². The van der Waals surface area contributed by atoms with E-state index < -0.39 is 16.5 Å². The fourth-order valence-electron chi connectivity index (χ4n) is 6.49. The average molecular weight is 584 g/mol. The number of benzene rings is 2. The number of hydrogen-bond acceptors (Lipinski definition) is 6. The van der Waals surface area contributed by atoms with E-state index in [1.807, 2.05) is 25.1 Å². The Kier molecular flexibility index (Phi) is 8.93. The van der Waals surface area contributed by atoms with Gasteiger partial charge in [-0.3, -0.25) is 4.79 Å². The maximum absolute atomic E-state index is 13.1. The van der Waals surface area contributed by atoms with Crippen molar-refractivity contribution >= 4 is 33.8 Å². The number of methoxy groups -OCH3 is 1. The largest absolute Gasteiger partial charge is 0.490 e. The van der Waals surface area contributed by atoms with Crippen molar-refractivity contribution in [3.05, 3.63) is 70.3 Å². The lowest BCUT2D eigenvalue weighted by atomic mass is 9.70. The first-order chi connectivity index (χ1) is 19.2. The highest BCUT2D eigenvalue weighted by Crippen LogP contribution is 2.45. The molecule has 1 aliphatic carbocycles. The third-order valence-electron chi connectivity index (χ3n) is 8.96. The monoisotopic (exact) mass is 583 g/mol. The van der Waals surface area contributed by atoms with Gasteiger partial charge in [-0.1, -0.05) is 62.3 Å². The SMILES string of the molecule is CO[C@H]1/C=C/C[C@H](C)C[S-](=O)=NC(=O)c2ccc3c(c2)N(C[C@H](C)[C@H]1C)C[C@@]1(CCCc2cc(Cl)ccc21)CO3. The summed E-state index contributed by atoms with van der Waals surface area (Å²) in [4.78, 5) is 15.5. The van der Waals surface area contributed by atoms with Crippen molar-refractivity contribution in [2.45, 2.75) is 58.0 Å². The van der Waals surface area contributed by atoms with Crippen LogP contribution in [0.15, 0.2) is 52.9 Å². The Morgan fingerprint density at radius 1 is 1.18 bits per heavy atom. The van der Waals surface area contributed by atoms with Crippen LogP contribution in [0.3, 0.4) is 0 Å². The summed E-state index contributed by atoms with van der Waals surface area (Å²) in [5.41, 5.74) is 3.71. The molecule has 1 amide bonds. The van der Waals surface area contributed by atoms with Crippen LogP contribution >= 0.6 is 11.6 Å². The lowest BCUT2D eigenvalue weighted by molar-refractivity contribution is 0.0743. The second kappa shape index (κ2) is 12.3. The first kappa shape index (κ1) is 29.2. The van der Waals surface area contributed by atoms with Crippen molar-refractivity contribution in [1.82, 2.24) is 0 Å². The van der Waals surface area contributed by atoms with E-state index >= 15 is 0 Å². The number of allylic oxidation sites excluding steroid dienone is 1. The molecule has 0 unspecified atom stereocenters. The van der Waals surface area contributed by atoms with Gasteiger partial charge < -0.3 is 22.9 Å². The van der Waals surface area contributed by atoms with Crippen LogP contribution in [-0.2, 0) is 31.4 Å². The summed E-state index contributed by atoms with van der Waals surface area (Å²) in [7, 11) is 0.172. The molecule has 0 N–H and O–H groups in total. The molecule has 0 saturated carbocycles. The molecule has 2 aliphatic heterocycles. The van der Waals surface area contributed by atoms with Gasteiger partial charge in [-0.15, -0.1) is 0 Å². The van der Waals surface area contributed by atoms with Crippen LogP contribution in [-0.4, -0.2) is 44.6 Å². The molecular formula is C32H40ClN2O4S-. The summed E-state index contributed by atoms with van der Waals surface area (Å²) >= 11 is 6.39. The number of hydrogen-bond donors (Lipinski definition) is 0. The molecule has 216 valence electrons. The highest BCUT2D eigenvalue weighted by molar-refractivity contribution is 7.75. The Balaban J connectivity index is 1.60. The zero-order valence-electron chi connectivity index (χ0n) is 23.9. The van der Waals surface area contributed by atoms with Crippen LogP contribution in [0.5, 0.6) is 5.75 Å². The summed E-state index contributed by atoms with van der Waals surface area (Å²) in [6.45, 7) is 8.63. The molecule has 3 aliphatic rings. The van der Waals surface area contributed by atoms with Gasteiger partial charge in [-0.25, -0.2) is 0 Å². The van der Waals surface area contributed by atoms with Crippen LogP contribution in [0.25, 0.3) is 0 Å². The number of rotatable bonds is 1. The van der Waals surface area contributed by atoms with Gasteiger partial charge in [0.1, 0.15) is 5.75 Å². The van der Waals surface area contributed by atoms with Gasteiger partial charge in [-0.2, -0.15) is 10.6 Å². The Bertz CT molecular complexity index is 1370. The maximum atomic E-state index is 13.1. The van der Waals surface area contributed by atoms with Crippen LogP contribution in [0, 0.1) is 17.8 Å². The highest BCUT2D eigenvalue weighted by Gasteiger charge is 2.42. The first-order valence-electron chi connectivity index (χ1n) is 14.3. The van der Waals surface area contributed by atoms with E-state index in [9.17, 15) is 9.00 Å². The van der Waals surface area contributed by atoms with Crippen molar-refractivity contribution < 1.29 is 18.5 Å². The standard InChI is InChI=1S/C32H40ClN2O4S/c1-21-7-5-9-29(38-4)23(3)22(2)17-35-19-32(14-6-8-24-15-26(33)11-12-27(24)32)20-39-30-13-10-25(16-28(30)35)31(36)34-40(37)18-21/h5,9-13,15-16,21-23,29H,6-8,14,17-20H2,1-4H3/q-1/b9-5+/t21-,22-,23+,29-,32-/m0/s1. The van der Waals surface area contributed by atoms with Crippen LogP contribution in [0.2, 0.25) is 5.02 Å². The van der Waals surface area contributed by atoms with E-state index in [2.05, 4.69) is 47.4 Å². The normalized spacial score (nSPS) is 30.6. The molecule has 2 aromatic carbocycles. The van der Waals surface area contributed by atoms with Gasteiger partial charge in [0, 0.05) is 36.2 Å². The predicted molar refractivity (Wildman–Crippen MR) is 162 cm³/mol. The Hall–Kier alpha value is -2.35. The van der Waals surface area contributed by atoms with Crippen molar-refractivity contribution in [2.24, 2.45) is 22.1 Å². The fraction of sp³-hybridized carbons (Fsp3) is 0.531. The third kappa shape index (κ3) is 6.12. The molecule has 40 heavy (non-hydrogen) atoms. The minimum Gasteiger partial charge on any atom is -0.490 e. The number of ether oxygens (including phenoxy) is 2.